The van der Waals surface area contributed by atoms with Gasteiger partial charge in [-0.05, 0) is 42.2 Å². The fourth-order valence-electron chi connectivity index (χ4n) is 2.96. The first-order valence-corrected chi connectivity index (χ1v) is 6.97. The van der Waals surface area contributed by atoms with Crippen LogP contribution >= 0.6 is 0 Å². The van der Waals surface area contributed by atoms with Gasteiger partial charge in [-0.1, -0.05) is 19.9 Å². The van der Waals surface area contributed by atoms with Gasteiger partial charge in [0.25, 0.3) is 0 Å². The molecule has 17 heavy (non-hydrogen) atoms. The van der Waals surface area contributed by atoms with Crippen LogP contribution in [-0.2, 0) is 4.74 Å². The van der Waals surface area contributed by atoms with Crippen LogP contribution < -0.4 is 0 Å². The third kappa shape index (κ3) is 2.57. The zero-order chi connectivity index (χ0) is 11.8. The second-order valence-electron chi connectivity index (χ2n) is 6.01. The van der Waals surface area contributed by atoms with Crippen molar-refractivity contribution >= 4 is 0 Å². The van der Waals surface area contributed by atoms with Crippen LogP contribution in [0.2, 0.25) is 0 Å². The first-order chi connectivity index (χ1) is 8.22. The number of hydrogen-bond acceptors (Lipinski definition) is 2. The highest BCUT2D eigenvalue weighted by Gasteiger charge is 2.44. The first kappa shape index (κ1) is 11.3. The zero-order valence-electron chi connectivity index (χ0n) is 10.9. The Morgan fingerprint density at radius 3 is 2.71 bits per heavy atom. The summed E-state index contributed by atoms with van der Waals surface area (Å²) in [7, 11) is 0. The Morgan fingerprint density at radius 2 is 2.00 bits per heavy atom. The van der Waals surface area contributed by atoms with Crippen molar-refractivity contribution in [3.63, 3.8) is 0 Å². The third-order valence-electron chi connectivity index (χ3n) is 4.55. The summed E-state index contributed by atoms with van der Waals surface area (Å²) in [6.45, 7) is 9.09. The van der Waals surface area contributed by atoms with Gasteiger partial charge in [0.05, 0.1) is 0 Å². The van der Waals surface area contributed by atoms with Crippen LogP contribution in [0.15, 0.2) is 24.0 Å². The summed E-state index contributed by atoms with van der Waals surface area (Å²) >= 11 is 0. The van der Waals surface area contributed by atoms with E-state index < -0.39 is 0 Å². The Morgan fingerprint density at radius 1 is 1.24 bits per heavy atom. The fraction of sp³-hybridized carbons (Fsp3) is 0.733. The minimum absolute atomic E-state index is 0.606. The van der Waals surface area contributed by atoms with Gasteiger partial charge in [-0.15, -0.1) is 0 Å². The lowest BCUT2D eigenvalue weighted by atomic mass is 9.91. The number of hydrogen-bond donors (Lipinski definition) is 0. The Labute approximate surface area is 104 Å². The van der Waals surface area contributed by atoms with Crippen molar-refractivity contribution in [2.24, 2.45) is 23.7 Å². The molecule has 2 aliphatic carbocycles. The van der Waals surface area contributed by atoms with Gasteiger partial charge in [-0.25, -0.2) is 0 Å². The van der Waals surface area contributed by atoms with Gasteiger partial charge in [0.15, 0.2) is 0 Å². The lowest BCUT2D eigenvalue weighted by Crippen LogP contribution is -2.26. The van der Waals surface area contributed by atoms with Crippen molar-refractivity contribution in [1.82, 2.24) is 4.90 Å². The number of fused-ring (bicyclic) bond motifs is 1. The van der Waals surface area contributed by atoms with Crippen molar-refractivity contribution in [1.29, 1.82) is 0 Å². The van der Waals surface area contributed by atoms with Crippen LogP contribution in [0.5, 0.6) is 0 Å². The Hall–Kier alpha value is -0.760. The van der Waals surface area contributed by atoms with E-state index in [1.807, 2.05) is 0 Å². The highest BCUT2D eigenvalue weighted by atomic mass is 16.5. The maximum atomic E-state index is 5.85. The van der Waals surface area contributed by atoms with Crippen molar-refractivity contribution in [2.75, 3.05) is 26.2 Å². The molecule has 2 unspecified atom stereocenters. The van der Waals surface area contributed by atoms with Crippen LogP contribution in [0.25, 0.3) is 0 Å². The second-order valence-corrected chi connectivity index (χ2v) is 6.01. The van der Waals surface area contributed by atoms with Gasteiger partial charge >= 0.3 is 0 Å². The smallest absolute Gasteiger partial charge is 0.115 e. The molecule has 1 aliphatic heterocycles. The summed E-state index contributed by atoms with van der Waals surface area (Å²) in [6, 6.07) is 0. The molecular weight excluding hydrogens is 210 g/mol. The summed E-state index contributed by atoms with van der Waals surface area (Å²) in [5.74, 6) is 4.39. The van der Waals surface area contributed by atoms with Crippen molar-refractivity contribution in [2.45, 2.75) is 20.3 Å². The summed E-state index contributed by atoms with van der Waals surface area (Å²) in [4.78, 5) is 2.55. The molecule has 0 aromatic rings. The molecule has 0 radical (unpaired) electrons. The van der Waals surface area contributed by atoms with E-state index in [-0.39, 0.29) is 0 Å². The Bertz CT molecular complexity index is 337. The van der Waals surface area contributed by atoms with Crippen LogP contribution in [0.1, 0.15) is 20.3 Å². The molecule has 2 heteroatoms. The lowest BCUT2D eigenvalue weighted by Gasteiger charge is -2.21. The monoisotopic (exact) mass is 233 g/mol. The molecule has 0 aromatic carbocycles. The molecule has 2 fully saturated rings. The summed E-state index contributed by atoms with van der Waals surface area (Å²) < 4.78 is 5.85. The van der Waals surface area contributed by atoms with Gasteiger partial charge < -0.3 is 4.74 Å². The number of likely N-dealkylation sites (tertiary alicyclic amines) is 1. The molecule has 1 saturated heterocycles. The SMILES string of the molecule is C[C@@H]1C=C(OCCN2CC3CC3C2)C=C[C@@H]1C. The molecule has 2 nitrogen and oxygen atoms in total. The molecule has 0 spiro atoms. The zero-order valence-corrected chi connectivity index (χ0v) is 10.9. The molecule has 0 aromatic heterocycles. The molecule has 3 aliphatic rings. The highest BCUT2D eigenvalue weighted by molar-refractivity contribution is 5.19. The minimum atomic E-state index is 0.606. The van der Waals surface area contributed by atoms with Crippen LogP contribution in [-0.4, -0.2) is 31.1 Å². The van der Waals surface area contributed by atoms with E-state index in [0.717, 1.165) is 30.7 Å². The van der Waals surface area contributed by atoms with E-state index in [1.165, 1.54) is 19.5 Å². The van der Waals surface area contributed by atoms with Gasteiger partial charge in [0, 0.05) is 19.6 Å². The number of piperidine rings is 1. The van der Waals surface area contributed by atoms with E-state index in [9.17, 15) is 0 Å². The molecular formula is C15H23NO. The molecule has 1 heterocycles. The summed E-state index contributed by atoms with van der Waals surface area (Å²) in [6.07, 6.45) is 8.13. The third-order valence-corrected chi connectivity index (χ3v) is 4.55. The maximum Gasteiger partial charge on any atom is 0.115 e. The maximum absolute atomic E-state index is 5.85. The molecule has 0 bridgehead atoms. The van der Waals surface area contributed by atoms with Crippen molar-refractivity contribution < 1.29 is 4.74 Å². The van der Waals surface area contributed by atoms with Crippen molar-refractivity contribution in [3.8, 4) is 0 Å². The normalized spacial score (nSPS) is 40.0. The minimum Gasteiger partial charge on any atom is -0.493 e. The van der Waals surface area contributed by atoms with Crippen LogP contribution in [0.4, 0.5) is 0 Å². The molecule has 3 rings (SSSR count). The van der Waals surface area contributed by atoms with Gasteiger partial charge in [-0.2, -0.15) is 0 Å². The number of rotatable bonds is 4. The lowest BCUT2D eigenvalue weighted by molar-refractivity contribution is 0.169. The quantitative estimate of drug-likeness (QED) is 0.740. The number of allylic oxidation sites excluding steroid dienone is 3. The number of ether oxygens (including phenoxy) is 1. The van der Waals surface area contributed by atoms with Crippen molar-refractivity contribution in [3.05, 3.63) is 24.0 Å². The summed E-state index contributed by atoms with van der Waals surface area (Å²) in [5, 5.41) is 0. The van der Waals surface area contributed by atoms with Gasteiger partial charge in [0.1, 0.15) is 12.4 Å². The van der Waals surface area contributed by atoms with Gasteiger partial charge in [-0.3, -0.25) is 4.90 Å². The fourth-order valence-corrected chi connectivity index (χ4v) is 2.96. The predicted octanol–water partition coefficient (Wildman–Crippen LogP) is 2.68. The molecule has 0 amide bonds. The second kappa shape index (κ2) is 4.49. The topological polar surface area (TPSA) is 12.5 Å². The van der Waals surface area contributed by atoms with Gasteiger partial charge in [0.2, 0.25) is 0 Å². The van der Waals surface area contributed by atoms with E-state index in [0.29, 0.717) is 11.8 Å². The molecule has 0 N–H and O–H groups in total. The van der Waals surface area contributed by atoms with E-state index in [2.05, 4.69) is 37.0 Å². The van der Waals surface area contributed by atoms with Crippen LogP contribution in [0.3, 0.4) is 0 Å². The average Bonchev–Trinajstić information content (AvgIpc) is 2.92. The summed E-state index contributed by atoms with van der Waals surface area (Å²) in [5.41, 5.74) is 0. The molecule has 4 atom stereocenters. The molecule has 94 valence electrons. The average molecular weight is 233 g/mol. The standard InChI is InChI=1S/C15H23NO/c1-11-3-4-15(7-12(11)2)17-6-5-16-9-13-8-14(13)10-16/h3-4,7,11-14H,5-6,8-10H2,1-2H3/t11-,12+,13?,14?/m0/s1. The largest absolute Gasteiger partial charge is 0.493 e. The Balaban J connectivity index is 1.39. The van der Waals surface area contributed by atoms with E-state index in [1.54, 1.807) is 0 Å². The molecule has 1 saturated carbocycles. The van der Waals surface area contributed by atoms with Crippen LogP contribution in [0, 0.1) is 23.7 Å². The van der Waals surface area contributed by atoms with E-state index in [4.69, 9.17) is 4.74 Å². The predicted molar refractivity (Wildman–Crippen MR) is 69.5 cm³/mol. The number of nitrogens with zero attached hydrogens (tertiary/aromatic N) is 1. The highest BCUT2D eigenvalue weighted by Crippen LogP contribution is 2.44. The van der Waals surface area contributed by atoms with E-state index >= 15 is 0 Å². The first-order valence-electron chi connectivity index (χ1n) is 6.97. The Kier molecular flexibility index (Phi) is 2.99.